The molecule has 0 fully saturated rings. The third-order valence-corrected chi connectivity index (χ3v) is 3.33. The Morgan fingerprint density at radius 3 is 2.68 bits per heavy atom. The smallest absolute Gasteiger partial charge is 0.139 e. The van der Waals surface area contributed by atoms with Gasteiger partial charge in [-0.2, -0.15) is 0 Å². The quantitative estimate of drug-likeness (QED) is 0.688. The Morgan fingerprint density at radius 1 is 1.14 bits per heavy atom. The molecule has 22 heavy (non-hydrogen) atoms. The second kappa shape index (κ2) is 6.22. The van der Waals surface area contributed by atoms with E-state index in [9.17, 15) is 4.91 Å². The molecule has 2 aromatic carbocycles. The number of nitroso groups, excluding NO2 is 1. The van der Waals surface area contributed by atoms with Crippen LogP contribution in [-0.2, 0) is 0 Å². The van der Waals surface area contributed by atoms with Crippen molar-refractivity contribution in [3.8, 4) is 5.75 Å². The van der Waals surface area contributed by atoms with Crippen LogP contribution in [0.15, 0.2) is 60.0 Å². The van der Waals surface area contributed by atoms with Crippen LogP contribution in [0.25, 0.3) is 10.8 Å². The molecule has 5 heteroatoms. The summed E-state index contributed by atoms with van der Waals surface area (Å²) in [6, 6.07) is 13.1. The van der Waals surface area contributed by atoms with Crippen molar-refractivity contribution >= 4 is 27.8 Å². The van der Waals surface area contributed by atoms with Crippen molar-refractivity contribution in [1.29, 1.82) is 0 Å². The average molecular weight is 293 g/mol. The molecule has 0 aliphatic heterocycles. The van der Waals surface area contributed by atoms with E-state index in [-0.39, 0.29) is 0 Å². The summed E-state index contributed by atoms with van der Waals surface area (Å²) in [6.45, 7) is 2.57. The number of rotatable bonds is 5. The van der Waals surface area contributed by atoms with Gasteiger partial charge in [0.25, 0.3) is 0 Å². The molecule has 1 aromatic heterocycles. The number of ether oxygens (including phenoxy) is 1. The van der Waals surface area contributed by atoms with Crippen molar-refractivity contribution in [2.75, 3.05) is 11.9 Å². The molecule has 1 N–H and O–H groups in total. The molecule has 0 radical (unpaired) electrons. The van der Waals surface area contributed by atoms with E-state index in [1.54, 1.807) is 18.5 Å². The van der Waals surface area contributed by atoms with E-state index in [0.29, 0.717) is 18.0 Å². The lowest BCUT2D eigenvalue weighted by molar-refractivity contribution is 0.340. The first-order valence-corrected chi connectivity index (χ1v) is 7.02. The highest BCUT2D eigenvalue weighted by Crippen LogP contribution is 2.35. The molecule has 0 aliphatic rings. The van der Waals surface area contributed by atoms with Gasteiger partial charge in [-0.05, 0) is 48.5 Å². The molecule has 0 saturated carbocycles. The minimum Gasteiger partial charge on any atom is -0.494 e. The summed E-state index contributed by atoms with van der Waals surface area (Å²) in [6.07, 6.45) is 3.36. The summed E-state index contributed by atoms with van der Waals surface area (Å²) >= 11 is 0. The molecule has 0 spiro atoms. The molecule has 0 saturated heterocycles. The first-order valence-electron chi connectivity index (χ1n) is 7.02. The van der Waals surface area contributed by atoms with E-state index in [1.807, 2.05) is 43.3 Å². The minimum absolute atomic E-state index is 0.383. The van der Waals surface area contributed by atoms with Gasteiger partial charge in [-0.3, -0.25) is 4.98 Å². The Hall–Kier alpha value is -2.95. The van der Waals surface area contributed by atoms with E-state index in [2.05, 4.69) is 15.5 Å². The van der Waals surface area contributed by atoms with Gasteiger partial charge >= 0.3 is 0 Å². The molecule has 3 rings (SSSR count). The molecule has 3 aromatic rings. The highest BCUT2D eigenvalue weighted by molar-refractivity contribution is 5.98. The molecule has 0 aliphatic carbocycles. The van der Waals surface area contributed by atoms with Crippen molar-refractivity contribution in [3.05, 3.63) is 59.8 Å². The number of nitrogens with one attached hydrogen (secondary N) is 1. The lowest BCUT2D eigenvalue weighted by atomic mass is 10.1. The van der Waals surface area contributed by atoms with Crippen molar-refractivity contribution < 1.29 is 4.74 Å². The first-order chi connectivity index (χ1) is 10.8. The molecular weight excluding hydrogens is 278 g/mol. The largest absolute Gasteiger partial charge is 0.494 e. The van der Waals surface area contributed by atoms with Crippen molar-refractivity contribution in [1.82, 2.24) is 4.98 Å². The zero-order valence-corrected chi connectivity index (χ0v) is 12.1. The van der Waals surface area contributed by atoms with Crippen LogP contribution in [0, 0.1) is 4.91 Å². The lowest BCUT2D eigenvalue weighted by Crippen LogP contribution is -1.93. The fraction of sp³-hybridized carbons (Fsp3) is 0.118. The minimum atomic E-state index is 0.383. The molecule has 5 nitrogen and oxygen atoms in total. The summed E-state index contributed by atoms with van der Waals surface area (Å²) in [5.41, 5.74) is 1.91. The molecule has 110 valence electrons. The zero-order valence-electron chi connectivity index (χ0n) is 12.1. The van der Waals surface area contributed by atoms with Crippen LogP contribution in [0.2, 0.25) is 0 Å². The SMILES string of the molecule is CCOc1ccc(Nc2ccc3cnccc3c2N=O)cc1. The molecule has 0 unspecified atom stereocenters. The van der Waals surface area contributed by atoms with Gasteiger partial charge < -0.3 is 10.1 Å². The van der Waals surface area contributed by atoms with Crippen LogP contribution in [-0.4, -0.2) is 11.6 Å². The van der Waals surface area contributed by atoms with Crippen LogP contribution < -0.4 is 10.1 Å². The van der Waals surface area contributed by atoms with Crippen molar-refractivity contribution in [2.45, 2.75) is 6.92 Å². The van der Waals surface area contributed by atoms with Crippen LogP contribution in [0.5, 0.6) is 5.75 Å². The molecule has 0 amide bonds. The van der Waals surface area contributed by atoms with Gasteiger partial charge in [0.05, 0.1) is 12.3 Å². The van der Waals surface area contributed by atoms with Gasteiger partial charge in [-0.25, -0.2) is 0 Å². The lowest BCUT2D eigenvalue weighted by Gasteiger charge is -2.11. The number of pyridine rings is 1. The van der Waals surface area contributed by atoms with Gasteiger partial charge in [-0.1, -0.05) is 6.07 Å². The van der Waals surface area contributed by atoms with Crippen molar-refractivity contribution in [2.24, 2.45) is 5.18 Å². The third kappa shape index (κ3) is 2.74. The maximum atomic E-state index is 11.2. The predicted molar refractivity (Wildman–Crippen MR) is 88.1 cm³/mol. The van der Waals surface area contributed by atoms with E-state index in [1.165, 1.54) is 0 Å². The Kier molecular flexibility index (Phi) is 3.96. The van der Waals surface area contributed by atoms with Gasteiger partial charge in [0.15, 0.2) is 0 Å². The summed E-state index contributed by atoms with van der Waals surface area (Å²) in [7, 11) is 0. The van der Waals surface area contributed by atoms with Crippen LogP contribution in [0.1, 0.15) is 6.92 Å². The van der Waals surface area contributed by atoms with Gasteiger partial charge in [0.2, 0.25) is 0 Å². The topological polar surface area (TPSA) is 63.6 Å². The standard InChI is InChI=1S/C17H15N3O2/c1-2-22-14-6-4-13(5-7-14)19-16-8-3-12-11-18-10-9-15(12)17(16)20-21/h3-11,19H,2H2,1H3. The summed E-state index contributed by atoms with van der Waals surface area (Å²) in [4.78, 5) is 15.3. The highest BCUT2D eigenvalue weighted by atomic mass is 16.5. The highest BCUT2D eigenvalue weighted by Gasteiger charge is 2.08. The second-order valence-electron chi connectivity index (χ2n) is 4.73. The van der Waals surface area contributed by atoms with Gasteiger partial charge in [-0.15, -0.1) is 4.91 Å². The Balaban J connectivity index is 1.94. The fourth-order valence-corrected chi connectivity index (χ4v) is 2.31. The average Bonchev–Trinajstić information content (AvgIpc) is 2.57. The van der Waals surface area contributed by atoms with Crippen molar-refractivity contribution in [3.63, 3.8) is 0 Å². The number of nitrogens with zero attached hydrogens (tertiary/aromatic N) is 2. The van der Waals surface area contributed by atoms with Crippen LogP contribution in [0.3, 0.4) is 0 Å². The first kappa shape index (κ1) is 14.0. The van der Waals surface area contributed by atoms with Crippen LogP contribution in [0.4, 0.5) is 17.1 Å². The second-order valence-corrected chi connectivity index (χ2v) is 4.73. The molecule has 0 atom stereocenters. The molecular formula is C17H15N3O2. The summed E-state index contributed by atoms with van der Waals surface area (Å²) in [5.74, 6) is 0.811. The zero-order chi connectivity index (χ0) is 15.4. The number of hydrogen-bond acceptors (Lipinski definition) is 5. The van der Waals surface area contributed by atoms with Gasteiger partial charge in [0.1, 0.15) is 11.4 Å². The Labute approximate surface area is 127 Å². The van der Waals surface area contributed by atoms with E-state index >= 15 is 0 Å². The Morgan fingerprint density at radius 2 is 1.95 bits per heavy atom. The summed E-state index contributed by atoms with van der Waals surface area (Å²) < 4.78 is 5.41. The number of aromatic nitrogens is 1. The summed E-state index contributed by atoms with van der Waals surface area (Å²) in [5, 5.41) is 8.05. The monoisotopic (exact) mass is 293 g/mol. The van der Waals surface area contributed by atoms with E-state index in [0.717, 1.165) is 22.2 Å². The molecule has 1 heterocycles. The van der Waals surface area contributed by atoms with Crippen LogP contribution >= 0.6 is 0 Å². The maximum absolute atomic E-state index is 11.2. The fourth-order valence-electron chi connectivity index (χ4n) is 2.31. The normalized spacial score (nSPS) is 10.4. The van der Waals surface area contributed by atoms with E-state index in [4.69, 9.17) is 4.74 Å². The predicted octanol–water partition coefficient (Wildman–Crippen LogP) is 4.78. The number of hydrogen-bond donors (Lipinski definition) is 1. The number of anilines is 2. The van der Waals surface area contributed by atoms with Gasteiger partial charge in [0, 0.05) is 28.9 Å². The Bertz CT molecular complexity index is 801. The van der Waals surface area contributed by atoms with E-state index < -0.39 is 0 Å². The number of fused-ring (bicyclic) bond motifs is 1. The molecule has 0 bridgehead atoms. The third-order valence-electron chi connectivity index (χ3n) is 3.33. The maximum Gasteiger partial charge on any atom is 0.139 e. The number of benzene rings is 2.